The lowest BCUT2D eigenvalue weighted by atomic mass is 9.77. The molecule has 2 amide bonds. The molecule has 2 N–H and O–H groups in total. The van der Waals surface area contributed by atoms with Crippen LogP contribution >= 0.6 is 34.4 Å². The predicted molar refractivity (Wildman–Crippen MR) is 197 cm³/mol. The Labute approximate surface area is 296 Å². The fourth-order valence-corrected chi connectivity index (χ4v) is 8.64. The molecule has 2 atom stereocenters. The van der Waals surface area contributed by atoms with Gasteiger partial charge in [0.25, 0.3) is 11.8 Å². The van der Waals surface area contributed by atoms with Crippen LogP contribution in [-0.2, 0) is 20.0 Å². The number of oxime groups is 1. The Balaban J connectivity index is 1.12. The lowest BCUT2D eigenvalue weighted by Crippen LogP contribution is -2.69. The van der Waals surface area contributed by atoms with Crippen LogP contribution in [0.5, 0.6) is 0 Å². The summed E-state index contributed by atoms with van der Waals surface area (Å²) in [7, 11) is 1.38. The van der Waals surface area contributed by atoms with Gasteiger partial charge in [-0.1, -0.05) is 102 Å². The van der Waals surface area contributed by atoms with Crippen LogP contribution in [0.2, 0.25) is 0 Å². The number of hydrogen-bond acceptors (Lipinski definition) is 10. The molecule has 5 aromatic rings. The Morgan fingerprint density at radius 1 is 0.959 bits per heavy atom. The second-order valence-electron chi connectivity index (χ2n) is 11.4. The minimum absolute atomic E-state index is 0.0114. The molecule has 1 fully saturated rings. The van der Waals surface area contributed by atoms with Crippen molar-refractivity contribution in [1.29, 1.82) is 0 Å². The predicted octanol–water partition coefficient (Wildman–Crippen LogP) is 6.66. The van der Waals surface area contributed by atoms with Gasteiger partial charge in [0.05, 0.1) is 11.2 Å². The maximum absolute atomic E-state index is 13.7. The molecular formula is C37H32N6O3S3. The summed E-state index contributed by atoms with van der Waals surface area (Å²) in [5, 5.41) is 12.8. The van der Waals surface area contributed by atoms with Gasteiger partial charge in [0.15, 0.2) is 10.8 Å². The van der Waals surface area contributed by atoms with E-state index in [9.17, 15) is 9.59 Å². The number of amides is 2. The lowest BCUT2D eigenvalue weighted by Gasteiger charge is -2.47. The maximum atomic E-state index is 13.7. The fraction of sp³-hybridized carbons (Fsp3) is 0.162. The summed E-state index contributed by atoms with van der Waals surface area (Å²) in [6.07, 6.45) is 5.90. The van der Waals surface area contributed by atoms with E-state index in [0.29, 0.717) is 16.6 Å². The van der Waals surface area contributed by atoms with Crippen molar-refractivity contribution in [2.75, 3.05) is 18.2 Å². The number of allylic oxidation sites excluding steroid dienone is 1. The molecule has 0 spiro atoms. The molecule has 0 saturated carbocycles. The molecule has 7 rings (SSSR count). The number of aromatic nitrogens is 2. The zero-order valence-electron chi connectivity index (χ0n) is 26.6. The number of fused-ring (bicyclic) bond motifs is 1. The highest BCUT2D eigenvalue weighted by Crippen LogP contribution is 2.41. The van der Waals surface area contributed by atoms with Crippen molar-refractivity contribution in [3.63, 3.8) is 0 Å². The van der Waals surface area contributed by atoms with Crippen LogP contribution in [0.15, 0.2) is 125 Å². The number of thioether (sulfide) groups is 1. The van der Waals surface area contributed by atoms with Crippen LogP contribution in [0.25, 0.3) is 6.08 Å². The van der Waals surface area contributed by atoms with Gasteiger partial charge in [0, 0.05) is 22.2 Å². The first kappa shape index (κ1) is 32.5. The van der Waals surface area contributed by atoms with Gasteiger partial charge in [0.2, 0.25) is 0 Å². The van der Waals surface area contributed by atoms with E-state index < -0.39 is 17.5 Å². The first-order valence-corrected chi connectivity index (χ1v) is 18.3. The molecule has 3 aromatic carbocycles. The molecular weight excluding hydrogens is 673 g/mol. The number of nitrogens with one attached hydrogen (secondary N) is 2. The number of hydrogen-bond donors (Lipinski definition) is 2. The van der Waals surface area contributed by atoms with Crippen molar-refractivity contribution >= 4 is 63.2 Å². The summed E-state index contributed by atoms with van der Waals surface area (Å²) >= 11 is 4.54. The molecule has 2 aromatic heterocycles. The van der Waals surface area contributed by atoms with Gasteiger partial charge < -0.3 is 20.4 Å². The van der Waals surface area contributed by atoms with Crippen LogP contribution in [0, 0.1) is 6.92 Å². The lowest BCUT2D eigenvalue weighted by molar-refractivity contribution is -0.143. The Bertz CT molecular complexity index is 1950. The average molecular weight is 705 g/mol. The van der Waals surface area contributed by atoms with Crippen LogP contribution in [0.1, 0.15) is 33.0 Å². The summed E-state index contributed by atoms with van der Waals surface area (Å²) in [4.78, 5) is 43.8. The SMILES string of the molecule is CON=C(C(=O)NC1C(=O)N2C=C(C=Cc3scnc3C)CS[C@@H]12)c1csc(NC(c2ccccc2)(c2ccccc2)c2ccccc2)n1. The van der Waals surface area contributed by atoms with Crippen molar-refractivity contribution < 1.29 is 14.4 Å². The summed E-state index contributed by atoms with van der Waals surface area (Å²) in [5.74, 6) is -0.00402. The molecule has 1 unspecified atom stereocenters. The zero-order chi connectivity index (χ0) is 33.8. The molecule has 0 bridgehead atoms. The minimum Gasteiger partial charge on any atom is -0.398 e. The normalized spacial score (nSPS) is 17.7. The van der Waals surface area contributed by atoms with Crippen molar-refractivity contribution in [1.82, 2.24) is 20.2 Å². The van der Waals surface area contributed by atoms with Gasteiger partial charge in [0.1, 0.15) is 29.8 Å². The third kappa shape index (κ3) is 6.42. The number of carbonyl (C=O) groups excluding carboxylic acids is 2. The largest absolute Gasteiger partial charge is 0.398 e. The number of rotatable bonds is 11. The minimum atomic E-state index is -0.791. The molecule has 1 saturated heterocycles. The van der Waals surface area contributed by atoms with Crippen molar-refractivity contribution in [2.45, 2.75) is 23.9 Å². The highest BCUT2D eigenvalue weighted by molar-refractivity contribution is 8.00. The smallest absolute Gasteiger partial charge is 0.276 e. The summed E-state index contributed by atoms with van der Waals surface area (Å²) in [6.45, 7) is 1.97. The third-order valence-electron chi connectivity index (χ3n) is 8.38. The summed E-state index contributed by atoms with van der Waals surface area (Å²) in [5.41, 5.74) is 6.42. The van der Waals surface area contributed by atoms with Gasteiger partial charge in [-0.2, -0.15) is 0 Å². The molecule has 12 heteroatoms. The van der Waals surface area contributed by atoms with Crippen molar-refractivity contribution in [3.05, 3.63) is 153 Å². The van der Waals surface area contributed by atoms with E-state index in [-0.39, 0.29) is 17.0 Å². The first-order chi connectivity index (χ1) is 24.0. The molecule has 0 radical (unpaired) electrons. The van der Waals surface area contributed by atoms with E-state index in [2.05, 4.69) is 57.2 Å². The number of carbonyl (C=O) groups is 2. The number of benzene rings is 3. The van der Waals surface area contributed by atoms with E-state index in [1.54, 1.807) is 33.4 Å². The monoisotopic (exact) mass is 704 g/mol. The first-order valence-electron chi connectivity index (χ1n) is 15.5. The van der Waals surface area contributed by atoms with Gasteiger partial charge in [-0.05, 0) is 35.3 Å². The van der Waals surface area contributed by atoms with Crippen LogP contribution in [0.4, 0.5) is 5.13 Å². The molecule has 2 aliphatic rings. The van der Waals surface area contributed by atoms with E-state index in [1.807, 2.05) is 85.4 Å². The van der Waals surface area contributed by atoms with Gasteiger partial charge in [-0.15, -0.1) is 34.4 Å². The molecule has 9 nitrogen and oxygen atoms in total. The number of aryl methyl sites for hydroxylation is 1. The molecule has 49 heavy (non-hydrogen) atoms. The second kappa shape index (κ2) is 14.2. The van der Waals surface area contributed by atoms with E-state index in [1.165, 1.54) is 18.4 Å². The van der Waals surface area contributed by atoms with Gasteiger partial charge in [-0.3, -0.25) is 9.59 Å². The maximum Gasteiger partial charge on any atom is 0.276 e. The van der Waals surface area contributed by atoms with Crippen molar-refractivity contribution in [2.24, 2.45) is 5.16 Å². The Morgan fingerprint density at radius 3 is 2.16 bits per heavy atom. The highest BCUT2D eigenvalue weighted by atomic mass is 32.2. The molecule has 0 aliphatic carbocycles. The number of β-lactam (4-membered cyclic amide) rings is 1. The molecule has 246 valence electrons. The van der Waals surface area contributed by atoms with Gasteiger partial charge in [-0.25, -0.2) is 9.97 Å². The Kier molecular flexibility index (Phi) is 9.43. The number of nitrogens with zero attached hydrogens (tertiary/aromatic N) is 4. The Hall–Kier alpha value is -5.04. The zero-order valence-corrected chi connectivity index (χ0v) is 29.1. The van der Waals surface area contributed by atoms with Crippen LogP contribution in [-0.4, -0.2) is 56.7 Å². The quantitative estimate of drug-likeness (QED) is 0.0686. The fourth-order valence-electron chi connectivity index (χ4n) is 5.96. The van der Waals surface area contributed by atoms with Crippen LogP contribution in [0.3, 0.4) is 0 Å². The number of anilines is 1. The second-order valence-corrected chi connectivity index (χ2v) is 14.2. The topological polar surface area (TPSA) is 109 Å². The van der Waals surface area contributed by atoms with Gasteiger partial charge >= 0.3 is 0 Å². The van der Waals surface area contributed by atoms with Crippen LogP contribution < -0.4 is 10.6 Å². The summed E-state index contributed by atoms with van der Waals surface area (Å²) in [6, 6.07) is 29.9. The van der Waals surface area contributed by atoms with E-state index >= 15 is 0 Å². The van der Waals surface area contributed by atoms with E-state index in [4.69, 9.17) is 9.82 Å². The number of thiazole rings is 2. The summed E-state index contributed by atoms with van der Waals surface area (Å²) < 4.78 is 0. The molecule has 4 heterocycles. The highest BCUT2D eigenvalue weighted by Gasteiger charge is 2.49. The Morgan fingerprint density at radius 2 is 1.59 bits per heavy atom. The standard InChI is InChI=1S/C37H32N6O3S3/c1-24-30(49-23-38-24)19-18-25-20-43-34(45)32(35(43)47-21-25)40-33(44)31(42-46-2)29-22-48-36(39-29)41-37(26-12-6-3-7-13-26,27-14-8-4-9-15-27)28-16-10-5-11-17-28/h3-20,22-23,32,35H,21H2,1-2H3,(H,39,41)(H,40,44)/t32?,35-/m0/s1. The third-order valence-corrected chi connectivity index (χ3v) is 11.4. The van der Waals surface area contributed by atoms with Crippen molar-refractivity contribution in [3.8, 4) is 0 Å². The van der Waals surface area contributed by atoms with E-state index in [0.717, 1.165) is 32.8 Å². The average Bonchev–Trinajstić information content (AvgIpc) is 3.79. The molecule has 2 aliphatic heterocycles.